The molecule has 0 atom stereocenters. The fourth-order valence-electron chi connectivity index (χ4n) is 3.87. The zero-order chi connectivity index (χ0) is 22.6. The zero-order valence-electron chi connectivity index (χ0n) is 19.6. The van der Waals surface area contributed by atoms with Crippen LogP contribution in [0.1, 0.15) is 68.2 Å². The lowest BCUT2D eigenvalue weighted by molar-refractivity contribution is -0.120. The quantitative estimate of drug-likeness (QED) is 0.414. The number of carbonyl (C=O) groups is 1. The van der Waals surface area contributed by atoms with Crippen molar-refractivity contribution < 1.29 is 9.53 Å². The highest BCUT2D eigenvalue weighted by molar-refractivity contribution is 5.81. The van der Waals surface area contributed by atoms with Gasteiger partial charge in [0.05, 0.1) is 12.3 Å². The number of amides is 1. The summed E-state index contributed by atoms with van der Waals surface area (Å²) in [6.45, 7) is 6.81. The molecule has 0 aliphatic heterocycles. The minimum atomic E-state index is 0.0926. The van der Waals surface area contributed by atoms with Crippen molar-refractivity contribution in [1.82, 2.24) is 5.32 Å². The van der Waals surface area contributed by atoms with Crippen molar-refractivity contribution in [3.63, 3.8) is 0 Å². The molecule has 0 aromatic heterocycles. The summed E-state index contributed by atoms with van der Waals surface area (Å²) in [7, 11) is 1.63. The van der Waals surface area contributed by atoms with Crippen molar-refractivity contribution in [1.29, 1.82) is 0 Å². The highest BCUT2D eigenvalue weighted by atomic mass is 16.5. The van der Waals surface area contributed by atoms with Crippen LogP contribution in [0.2, 0.25) is 0 Å². The van der Waals surface area contributed by atoms with E-state index in [4.69, 9.17) is 10.5 Å². The van der Waals surface area contributed by atoms with Crippen molar-refractivity contribution in [2.24, 2.45) is 0 Å². The summed E-state index contributed by atoms with van der Waals surface area (Å²) in [5, 5.41) is 2.48. The normalized spacial score (nSPS) is 13.4. The predicted molar refractivity (Wildman–Crippen MR) is 131 cm³/mol. The number of allylic oxidation sites excluding steroid dienone is 2. The van der Waals surface area contributed by atoms with Gasteiger partial charge in [0.1, 0.15) is 5.75 Å². The molecular formula is C27H38N2O2. The van der Waals surface area contributed by atoms with Crippen molar-refractivity contribution >= 4 is 17.2 Å². The standard InChI is InChI=1S/C23H29NO.C4H9NO/c1-3-19-11-12-20-13-14-21(24)23(22(19)20)25-15-6-4-5-9-18-10-7-8-17(2)16-18;1-3-4(6)5-2/h3,7-8,10,13-14,16H,4-6,9,11-12,15,24H2,1-2H3;3H2,1-2H3,(H,5,6)/b19-3+;. The van der Waals surface area contributed by atoms with E-state index in [1.165, 1.54) is 40.7 Å². The molecule has 0 unspecified atom stereocenters. The number of benzene rings is 2. The summed E-state index contributed by atoms with van der Waals surface area (Å²) >= 11 is 0. The first-order valence-electron chi connectivity index (χ1n) is 11.5. The molecule has 3 N–H and O–H groups in total. The van der Waals surface area contributed by atoms with Gasteiger partial charge in [-0.1, -0.05) is 48.9 Å². The summed E-state index contributed by atoms with van der Waals surface area (Å²) in [4.78, 5) is 10.1. The summed E-state index contributed by atoms with van der Waals surface area (Å²) < 4.78 is 6.12. The van der Waals surface area contributed by atoms with Crippen LogP contribution in [0.4, 0.5) is 5.69 Å². The number of ether oxygens (including phenoxy) is 1. The molecule has 1 aliphatic rings. The summed E-state index contributed by atoms with van der Waals surface area (Å²) in [6, 6.07) is 12.9. The topological polar surface area (TPSA) is 64.3 Å². The maximum absolute atomic E-state index is 10.1. The minimum absolute atomic E-state index is 0.0926. The van der Waals surface area contributed by atoms with Crippen LogP contribution in [0.15, 0.2) is 42.5 Å². The van der Waals surface area contributed by atoms with E-state index < -0.39 is 0 Å². The molecule has 168 valence electrons. The van der Waals surface area contributed by atoms with E-state index >= 15 is 0 Å². The number of anilines is 1. The van der Waals surface area contributed by atoms with Gasteiger partial charge in [0.25, 0.3) is 0 Å². The lowest BCUT2D eigenvalue weighted by Gasteiger charge is -2.14. The molecule has 4 heteroatoms. The molecule has 0 saturated heterocycles. The Labute approximate surface area is 187 Å². The van der Waals surface area contributed by atoms with Gasteiger partial charge in [0.15, 0.2) is 0 Å². The lowest BCUT2D eigenvalue weighted by Crippen LogP contribution is -2.15. The largest absolute Gasteiger partial charge is 0.491 e. The Kier molecular flexibility index (Phi) is 10.2. The van der Waals surface area contributed by atoms with E-state index in [0.29, 0.717) is 6.42 Å². The number of hydrogen-bond acceptors (Lipinski definition) is 3. The van der Waals surface area contributed by atoms with Crippen LogP contribution in [0.3, 0.4) is 0 Å². The van der Waals surface area contributed by atoms with Gasteiger partial charge in [-0.25, -0.2) is 0 Å². The second-order valence-electron chi connectivity index (χ2n) is 8.01. The third-order valence-corrected chi connectivity index (χ3v) is 5.65. The van der Waals surface area contributed by atoms with Gasteiger partial charge in [-0.3, -0.25) is 4.79 Å². The maximum Gasteiger partial charge on any atom is 0.219 e. The third kappa shape index (κ3) is 7.46. The average molecular weight is 423 g/mol. The molecule has 0 saturated carbocycles. The van der Waals surface area contributed by atoms with E-state index in [9.17, 15) is 4.79 Å². The second-order valence-corrected chi connectivity index (χ2v) is 8.01. The van der Waals surface area contributed by atoms with Gasteiger partial charge in [-0.15, -0.1) is 0 Å². The van der Waals surface area contributed by atoms with Gasteiger partial charge in [0.2, 0.25) is 5.91 Å². The van der Waals surface area contributed by atoms with Crippen LogP contribution >= 0.6 is 0 Å². The first-order valence-corrected chi connectivity index (χ1v) is 11.5. The highest BCUT2D eigenvalue weighted by Gasteiger charge is 2.22. The molecule has 0 radical (unpaired) electrons. The SMILES string of the molecule is C/C=C1\CCc2ccc(N)c(OCCCCCc3cccc(C)c3)c21.CCC(=O)NC. The van der Waals surface area contributed by atoms with Crippen molar-refractivity contribution in [3.05, 3.63) is 64.7 Å². The van der Waals surface area contributed by atoms with Crippen LogP contribution < -0.4 is 15.8 Å². The monoisotopic (exact) mass is 422 g/mol. The van der Waals surface area contributed by atoms with Crippen molar-refractivity contribution in [2.45, 2.75) is 65.7 Å². The Hall–Kier alpha value is -2.75. The molecule has 3 rings (SSSR count). The maximum atomic E-state index is 10.1. The van der Waals surface area contributed by atoms with Crippen molar-refractivity contribution in [3.8, 4) is 5.75 Å². The third-order valence-electron chi connectivity index (χ3n) is 5.65. The Morgan fingerprint density at radius 1 is 1.16 bits per heavy atom. The number of nitrogens with one attached hydrogen (secondary N) is 1. The molecule has 31 heavy (non-hydrogen) atoms. The summed E-state index contributed by atoms with van der Waals surface area (Å²) in [6.07, 6.45) is 9.57. The first kappa shape index (κ1) is 24.5. The van der Waals surface area contributed by atoms with Crippen LogP contribution in [-0.4, -0.2) is 19.6 Å². The van der Waals surface area contributed by atoms with E-state index in [2.05, 4.69) is 55.6 Å². The molecule has 2 aromatic rings. The van der Waals surface area contributed by atoms with Crippen molar-refractivity contribution in [2.75, 3.05) is 19.4 Å². The summed E-state index contributed by atoms with van der Waals surface area (Å²) in [5.74, 6) is 0.997. The van der Waals surface area contributed by atoms with Gasteiger partial charge in [-0.2, -0.15) is 0 Å². The first-order chi connectivity index (χ1) is 15.0. The Bertz CT molecular complexity index is 881. The van der Waals surface area contributed by atoms with E-state index in [-0.39, 0.29) is 5.91 Å². The van der Waals surface area contributed by atoms with Gasteiger partial charge in [-0.05, 0) is 75.1 Å². The fraction of sp³-hybridized carbons (Fsp3) is 0.444. The molecule has 4 nitrogen and oxygen atoms in total. The van der Waals surface area contributed by atoms with Crippen LogP contribution in [0.25, 0.3) is 5.57 Å². The average Bonchev–Trinajstić information content (AvgIpc) is 3.20. The smallest absolute Gasteiger partial charge is 0.219 e. The van der Waals surface area contributed by atoms with E-state index in [1.807, 2.05) is 13.0 Å². The number of hydrogen-bond donors (Lipinski definition) is 2. The Balaban J connectivity index is 0.000000501. The molecule has 0 spiro atoms. The number of carbonyl (C=O) groups excluding carboxylic acids is 1. The molecule has 0 bridgehead atoms. The lowest BCUT2D eigenvalue weighted by atomic mass is 10.0. The van der Waals surface area contributed by atoms with E-state index in [0.717, 1.165) is 43.7 Å². The predicted octanol–water partition coefficient (Wildman–Crippen LogP) is 5.86. The Morgan fingerprint density at radius 3 is 2.61 bits per heavy atom. The molecule has 1 aliphatic carbocycles. The van der Waals surface area contributed by atoms with Crippen LogP contribution in [-0.2, 0) is 17.6 Å². The molecule has 2 aromatic carbocycles. The molecule has 0 fully saturated rings. The zero-order valence-corrected chi connectivity index (χ0v) is 19.6. The van der Waals surface area contributed by atoms with E-state index in [1.54, 1.807) is 7.05 Å². The number of aryl methyl sites for hydroxylation is 3. The number of nitrogen functional groups attached to an aromatic ring is 1. The molecule has 0 heterocycles. The van der Waals surface area contributed by atoms with Gasteiger partial charge in [0, 0.05) is 19.0 Å². The number of fused-ring (bicyclic) bond motifs is 1. The number of rotatable bonds is 8. The number of nitrogens with two attached hydrogens (primary N) is 1. The van der Waals surface area contributed by atoms with Crippen LogP contribution in [0, 0.1) is 6.92 Å². The molecular weight excluding hydrogens is 384 g/mol. The summed E-state index contributed by atoms with van der Waals surface area (Å²) in [5.41, 5.74) is 13.7. The van der Waals surface area contributed by atoms with Gasteiger partial charge < -0.3 is 15.8 Å². The molecule has 1 amide bonds. The second kappa shape index (κ2) is 12.8. The number of unbranched alkanes of at least 4 members (excludes halogenated alkanes) is 2. The highest BCUT2D eigenvalue weighted by Crippen LogP contribution is 2.42. The fourth-order valence-corrected chi connectivity index (χ4v) is 3.87. The minimum Gasteiger partial charge on any atom is -0.491 e. The van der Waals surface area contributed by atoms with Gasteiger partial charge >= 0.3 is 0 Å². The Morgan fingerprint density at radius 2 is 1.97 bits per heavy atom. The van der Waals surface area contributed by atoms with Crippen LogP contribution in [0.5, 0.6) is 5.75 Å².